The fourth-order valence-corrected chi connectivity index (χ4v) is 3.81. The van der Waals surface area contributed by atoms with Crippen LogP contribution in [0.4, 0.5) is 5.69 Å². The van der Waals surface area contributed by atoms with Crippen LogP contribution in [0.3, 0.4) is 0 Å². The van der Waals surface area contributed by atoms with Gasteiger partial charge in [0, 0.05) is 29.1 Å². The SMILES string of the molecule is COc1cccc(NC(=O)/C(C#N)=C/c2cn(Cc3ccccc3)nc2-c2ccc(OC)c(OC)c2)c1. The molecule has 1 N–H and O–H groups in total. The van der Waals surface area contributed by atoms with Gasteiger partial charge in [0.05, 0.1) is 33.6 Å². The molecule has 3 aromatic carbocycles. The first-order valence-corrected chi connectivity index (χ1v) is 11.5. The number of nitrogens with one attached hydrogen (secondary N) is 1. The maximum Gasteiger partial charge on any atom is 0.266 e. The molecule has 4 aromatic rings. The van der Waals surface area contributed by atoms with Crippen molar-refractivity contribution in [3.05, 3.63) is 95.7 Å². The molecule has 0 unspecified atom stereocenters. The van der Waals surface area contributed by atoms with Gasteiger partial charge in [-0.3, -0.25) is 9.48 Å². The summed E-state index contributed by atoms with van der Waals surface area (Å²) in [6.07, 6.45) is 3.35. The summed E-state index contributed by atoms with van der Waals surface area (Å²) in [5, 5.41) is 17.4. The number of rotatable bonds is 9. The van der Waals surface area contributed by atoms with Gasteiger partial charge in [-0.1, -0.05) is 36.4 Å². The van der Waals surface area contributed by atoms with Crippen LogP contribution in [0.1, 0.15) is 11.1 Å². The highest BCUT2D eigenvalue weighted by Gasteiger charge is 2.17. The topological polar surface area (TPSA) is 98.4 Å². The Kier molecular flexibility index (Phi) is 7.86. The van der Waals surface area contributed by atoms with Gasteiger partial charge in [0.15, 0.2) is 11.5 Å². The number of benzene rings is 3. The molecule has 8 heteroatoms. The van der Waals surface area contributed by atoms with Crippen molar-refractivity contribution >= 4 is 17.7 Å². The van der Waals surface area contributed by atoms with E-state index < -0.39 is 5.91 Å². The lowest BCUT2D eigenvalue weighted by molar-refractivity contribution is -0.112. The normalized spacial score (nSPS) is 10.9. The molecular formula is C29H26N4O4. The lowest BCUT2D eigenvalue weighted by Crippen LogP contribution is -2.13. The van der Waals surface area contributed by atoms with Crippen LogP contribution >= 0.6 is 0 Å². The molecule has 0 aliphatic heterocycles. The van der Waals surface area contributed by atoms with Crippen molar-refractivity contribution in [2.24, 2.45) is 0 Å². The number of carbonyl (C=O) groups excluding carboxylic acids is 1. The first-order chi connectivity index (χ1) is 18.0. The zero-order chi connectivity index (χ0) is 26.2. The minimum absolute atomic E-state index is 0.0659. The van der Waals surface area contributed by atoms with Crippen molar-refractivity contribution < 1.29 is 19.0 Å². The van der Waals surface area contributed by atoms with Crippen molar-refractivity contribution in [3.63, 3.8) is 0 Å². The molecule has 0 bridgehead atoms. The number of anilines is 1. The second-order valence-corrected chi connectivity index (χ2v) is 8.04. The lowest BCUT2D eigenvalue weighted by atomic mass is 10.0. The standard InChI is InChI=1S/C29H26N4O4/c1-35-25-11-7-10-24(16-25)31-29(34)22(17-30)14-23-19-33(18-20-8-5-4-6-9-20)32-28(23)21-12-13-26(36-2)27(15-21)37-3/h4-16,19H,18H2,1-3H3,(H,31,34)/b22-14+. The number of aromatic nitrogens is 2. The molecule has 4 rings (SSSR count). The Morgan fingerprint density at radius 3 is 2.46 bits per heavy atom. The molecule has 0 atom stereocenters. The third-order valence-corrected chi connectivity index (χ3v) is 5.63. The van der Waals surface area contributed by atoms with E-state index in [0.29, 0.717) is 40.7 Å². The van der Waals surface area contributed by atoms with Crippen LogP contribution in [-0.4, -0.2) is 37.0 Å². The van der Waals surface area contributed by atoms with Gasteiger partial charge in [-0.25, -0.2) is 0 Å². The van der Waals surface area contributed by atoms with E-state index >= 15 is 0 Å². The van der Waals surface area contributed by atoms with Gasteiger partial charge in [0.25, 0.3) is 5.91 Å². The van der Waals surface area contributed by atoms with Crippen LogP contribution in [0.2, 0.25) is 0 Å². The van der Waals surface area contributed by atoms with Crippen LogP contribution in [0, 0.1) is 11.3 Å². The number of amides is 1. The number of ether oxygens (including phenoxy) is 3. The first kappa shape index (κ1) is 25.1. The van der Waals surface area contributed by atoms with Crippen LogP contribution in [-0.2, 0) is 11.3 Å². The van der Waals surface area contributed by atoms with Gasteiger partial charge < -0.3 is 19.5 Å². The van der Waals surface area contributed by atoms with Gasteiger partial charge in [-0.2, -0.15) is 10.4 Å². The Morgan fingerprint density at radius 2 is 1.76 bits per heavy atom. The molecule has 0 aliphatic rings. The van der Waals surface area contributed by atoms with Gasteiger partial charge in [-0.05, 0) is 42.0 Å². The van der Waals surface area contributed by atoms with Gasteiger partial charge in [-0.15, -0.1) is 0 Å². The summed E-state index contributed by atoms with van der Waals surface area (Å²) in [5.41, 5.74) is 3.48. The molecule has 0 saturated heterocycles. The third-order valence-electron chi connectivity index (χ3n) is 5.63. The van der Waals surface area contributed by atoms with E-state index in [2.05, 4.69) is 5.32 Å². The molecule has 8 nitrogen and oxygen atoms in total. The largest absolute Gasteiger partial charge is 0.497 e. The highest BCUT2D eigenvalue weighted by atomic mass is 16.5. The molecule has 1 heterocycles. The molecule has 1 amide bonds. The molecule has 186 valence electrons. The van der Waals surface area contributed by atoms with Crippen LogP contribution in [0.15, 0.2) is 84.6 Å². The van der Waals surface area contributed by atoms with Crippen molar-refractivity contribution in [2.45, 2.75) is 6.54 Å². The molecular weight excluding hydrogens is 468 g/mol. The maximum absolute atomic E-state index is 13.0. The zero-order valence-corrected chi connectivity index (χ0v) is 20.8. The van der Waals surface area contributed by atoms with Gasteiger partial charge in [0.1, 0.15) is 17.4 Å². The maximum atomic E-state index is 13.0. The van der Waals surface area contributed by atoms with Crippen molar-refractivity contribution in [2.75, 3.05) is 26.6 Å². The number of nitriles is 1. The number of nitrogens with zero attached hydrogens (tertiary/aromatic N) is 3. The van der Waals surface area contributed by atoms with Crippen molar-refractivity contribution in [3.8, 4) is 34.6 Å². The monoisotopic (exact) mass is 494 g/mol. The summed E-state index contributed by atoms with van der Waals surface area (Å²) >= 11 is 0. The van der Waals surface area contributed by atoms with E-state index in [9.17, 15) is 10.1 Å². The van der Waals surface area contributed by atoms with Gasteiger partial charge in [0.2, 0.25) is 0 Å². The average Bonchev–Trinajstić information content (AvgIpc) is 3.33. The fourth-order valence-electron chi connectivity index (χ4n) is 3.81. The molecule has 0 spiro atoms. The molecule has 0 saturated carbocycles. The Balaban J connectivity index is 1.73. The summed E-state index contributed by atoms with van der Waals surface area (Å²) in [6, 6.07) is 24.3. The minimum Gasteiger partial charge on any atom is -0.497 e. The van der Waals surface area contributed by atoms with Crippen LogP contribution < -0.4 is 19.5 Å². The minimum atomic E-state index is -0.537. The number of methoxy groups -OCH3 is 3. The molecule has 0 radical (unpaired) electrons. The predicted octanol–water partition coefficient (Wildman–Crippen LogP) is 5.17. The predicted molar refractivity (Wildman–Crippen MR) is 142 cm³/mol. The summed E-state index contributed by atoms with van der Waals surface area (Å²) < 4.78 is 17.8. The zero-order valence-electron chi connectivity index (χ0n) is 20.8. The summed E-state index contributed by atoms with van der Waals surface area (Å²) in [6.45, 7) is 0.521. The van der Waals surface area contributed by atoms with Crippen LogP contribution in [0.25, 0.3) is 17.3 Å². The summed E-state index contributed by atoms with van der Waals surface area (Å²) in [4.78, 5) is 13.0. The molecule has 0 fully saturated rings. The van der Waals surface area contributed by atoms with Crippen molar-refractivity contribution in [1.29, 1.82) is 5.26 Å². The van der Waals surface area contributed by atoms with E-state index in [1.165, 1.54) is 6.08 Å². The summed E-state index contributed by atoms with van der Waals surface area (Å²) in [5.74, 6) is 1.19. The second kappa shape index (κ2) is 11.6. The second-order valence-electron chi connectivity index (χ2n) is 8.04. The van der Waals surface area contributed by atoms with E-state index in [-0.39, 0.29) is 5.57 Å². The molecule has 0 aliphatic carbocycles. The average molecular weight is 495 g/mol. The number of hydrogen-bond donors (Lipinski definition) is 1. The smallest absolute Gasteiger partial charge is 0.266 e. The highest BCUT2D eigenvalue weighted by Crippen LogP contribution is 2.34. The van der Waals surface area contributed by atoms with E-state index in [4.69, 9.17) is 19.3 Å². The summed E-state index contributed by atoms with van der Waals surface area (Å²) in [7, 11) is 4.68. The lowest BCUT2D eigenvalue weighted by Gasteiger charge is -2.09. The van der Waals surface area contributed by atoms with E-state index in [1.54, 1.807) is 56.3 Å². The van der Waals surface area contributed by atoms with E-state index in [0.717, 1.165) is 11.1 Å². The first-order valence-electron chi connectivity index (χ1n) is 11.5. The third kappa shape index (κ3) is 5.97. The molecule has 37 heavy (non-hydrogen) atoms. The number of carbonyl (C=O) groups is 1. The Morgan fingerprint density at radius 1 is 0.973 bits per heavy atom. The number of hydrogen-bond acceptors (Lipinski definition) is 6. The fraction of sp³-hybridized carbons (Fsp3) is 0.138. The Labute approximate surface area is 215 Å². The van der Waals surface area contributed by atoms with Crippen molar-refractivity contribution in [1.82, 2.24) is 9.78 Å². The van der Waals surface area contributed by atoms with Gasteiger partial charge >= 0.3 is 0 Å². The Hall–Kier alpha value is -5.03. The van der Waals surface area contributed by atoms with E-state index in [1.807, 2.05) is 54.7 Å². The van der Waals surface area contributed by atoms with Crippen LogP contribution in [0.5, 0.6) is 17.2 Å². The highest BCUT2D eigenvalue weighted by molar-refractivity contribution is 6.10. The molecule has 1 aromatic heterocycles. The Bertz CT molecular complexity index is 1470. The quantitative estimate of drug-likeness (QED) is 0.255.